The fourth-order valence-electron chi connectivity index (χ4n) is 3.62. The van der Waals surface area contributed by atoms with E-state index >= 15 is 0 Å². The Labute approximate surface area is 177 Å². The minimum atomic E-state index is -0.939. The van der Waals surface area contributed by atoms with Gasteiger partial charge in [0.05, 0.1) is 12.1 Å². The molecule has 30 heavy (non-hydrogen) atoms. The first kappa shape index (κ1) is 21.6. The first-order chi connectivity index (χ1) is 14.3. The number of aryl methyl sites for hydroxylation is 1. The number of hydrogen-bond acceptors (Lipinski definition) is 2. The summed E-state index contributed by atoms with van der Waals surface area (Å²) in [5, 5.41) is 9.43. The van der Waals surface area contributed by atoms with Gasteiger partial charge in [0.2, 0.25) is 0 Å². The highest BCUT2D eigenvalue weighted by Gasteiger charge is 2.15. The molecule has 0 fully saturated rings. The first-order valence-corrected chi connectivity index (χ1v) is 10.5. The first-order valence-electron chi connectivity index (χ1n) is 10.5. The standard InChI is InChI=1S/C25H30N2O3/c1-17(2)9-14-21-16-26(18(3)4)25(30)27(21)15-19-10-12-20(13-11-19)22-7-5-6-8-23(22)24(28)29/h5-8,10-13,16-18H,9,14-15H2,1-4H3,(H,28,29). The number of aromatic nitrogens is 2. The van der Waals surface area contributed by atoms with E-state index in [4.69, 9.17) is 0 Å². The minimum absolute atomic E-state index is 0.0176. The molecule has 2 aromatic carbocycles. The summed E-state index contributed by atoms with van der Waals surface area (Å²) in [6, 6.07) is 14.9. The molecule has 0 aliphatic carbocycles. The second-order valence-electron chi connectivity index (χ2n) is 8.47. The smallest absolute Gasteiger partial charge is 0.336 e. The fourth-order valence-corrected chi connectivity index (χ4v) is 3.62. The molecule has 5 heteroatoms. The van der Waals surface area contributed by atoms with Crippen molar-refractivity contribution < 1.29 is 9.90 Å². The van der Waals surface area contributed by atoms with Crippen LogP contribution in [0.3, 0.4) is 0 Å². The monoisotopic (exact) mass is 406 g/mol. The van der Waals surface area contributed by atoms with Crippen molar-refractivity contribution in [3.05, 3.63) is 82.0 Å². The van der Waals surface area contributed by atoms with Crippen LogP contribution in [0.25, 0.3) is 11.1 Å². The highest BCUT2D eigenvalue weighted by atomic mass is 16.4. The van der Waals surface area contributed by atoms with Crippen molar-refractivity contribution in [1.29, 1.82) is 0 Å². The molecule has 0 bridgehead atoms. The molecule has 0 aliphatic heterocycles. The number of rotatable bonds is 8. The van der Waals surface area contributed by atoms with Gasteiger partial charge in [-0.25, -0.2) is 9.59 Å². The van der Waals surface area contributed by atoms with Crippen molar-refractivity contribution >= 4 is 5.97 Å². The molecular formula is C25H30N2O3. The van der Waals surface area contributed by atoms with Crippen molar-refractivity contribution in [2.24, 2.45) is 5.92 Å². The number of benzene rings is 2. The van der Waals surface area contributed by atoms with Crippen LogP contribution in [0.4, 0.5) is 0 Å². The molecule has 5 nitrogen and oxygen atoms in total. The summed E-state index contributed by atoms with van der Waals surface area (Å²) in [6.45, 7) is 8.93. The molecular weight excluding hydrogens is 376 g/mol. The maximum absolute atomic E-state index is 12.9. The quantitative estimate of drug-likeness (QED) is 0.557. The average Bonchev–Trinajstić information content (AvgIpc) is 3.03. The number of imidazole rings is 1. The topological polar surface area (TPSA) is 64.2 Å². The van der Waals surface area contributed by atoms with Crippen LogP contribution >= 0.6 is 0 Å². The molecule has 0 atom stereocenters. The van der Waals surface area contributed by atoms with Crippen LogP contribution in [-0.2, 0) is 13.0 Å². The maximum Gasteiger partial charge on any atom is 0.336 e. The van der Waals surface area contributed by atoms with Crippen molar-refractivity contribution in [2.75, 3.05) is 0 Å². The van der Waals surface area contributed by atoms with E-state index in [-0.39, 0.29) is 17.3 Å². The second-order valence-corrected chi connectivity index (χ2v) is 8.47. The van der Waals surface area contributed by atoms with Crippen molar-refractivity contribution in [3.8, 4) is 11.1 Å². The van der Waals surface area contributed by atoms with Crippen molar-refractivity contribution in [3.63, 3.8) is 0 Å². The summed E-state index contributed by atoms with van der Waals surface area (Å²) in [4.78, 5) is 24.5. The highest BCUT2D eigenvalue weighted by molar-refractivity contribution is 5.95. The van der Waals surface area contributed by atoms with E-state index in [0.29, 0.717) is 18.0 Å². The van der Waals surface area contributed by atoms with E-state index in [9.17, 15) is 14.7 Å². The average molecular weight is 407 g/mol. The number of nitrogens with zero attached hydrogens (tertiary/aromatic N) is 2. The summed E-state index contributed by atoms with van der Waals surface area (Å²) in [5.41, 5.74) is 3.92. The maximum atomic E-state index is 12.9. The van der Waals surface area contributed by atoms with Gasteiger partial charge >= 0.3 is 11.7 Å². The van der Waals surface area contributed by atoms with Crippen molar-refractivity contribution in [1.82, 2.24) is 9.13 Å². The van der Waals surface area contributed by atoms with E-state index in [0.717, 1.165) is 29.7 Å². The van der Waals surface area contributed by atoms with Gasteiger partial charge in [-0.3, -0.25) is 9.13 Å². The molecule has 1 aromatic heterocycles. The van der Waals surface area contributed by atoms with Gasteiger partial charge in [-0.2, -0.15) is 0 Å². The lowest BCUT2D eigenvalue weighted by atomic mass is 9.98. The lowest BCUT2D eigenvalue weighted by Gasteiger charge is -2.10. The van der Waals surface area contributed by atoms with E-state index in [1.165, 1.54) is 0 Å². The minimum Gasteiger partial charge on any atom is -0.478 e. The molecule has 0 amide bonds. The van der Waals surface area contributed by atoms with Crippen LogP contribution in [0.5, 0.6) is 0 Å². The van der Waals surface area contributed by atoms with Gasteiger partial charge in [0.1, 0.15) is 0 Å². The van der Waals surface area contributed by atoms with E-state index in [1.807, 2.05) is 61.0 Å². The predicted octanol–water partition coefficient (Wildman–Crippen LogP) is 5.23. The zero-order chi connectivity index (χ0) is 21.8. The number of carbonyl (C=O) groups is 1. The summed E-state index contributed by atoms with van der Waals surface area (Å²) in [7, 11) is 0. The Hall–Kier alpha value is -3.08. The van der Waals surface area contributed by atoms with Crippen LogP contribution in [0.2, 0.25) is 0 Å². The van der Waals surface area contributed by atoms with Gasteiger partial charge in [-0.05, 0) is 55.4 Å². The normalized spacial score (nSPS) is 11.4. The Balaban J connectivity index is 1.90. The van der Waals surface area contributed by atoms with E-state index in [1.54, 1.807) is 16.7 Å². The number of aromatic carboxylic acids is 1. The van der Waals surface area contributed by atoms with Crippen LogP contribution in [0.15, 0.2) is 59.5 Å². The Kier molecular flexibility index (Phi) is 6.60. The largest absolute Gasteiger partial charge is 0.478 e. The Bertz CT molecular complexity index is 1070. The molecule has 1 heterocycles. The molecule has 0 spiro atoms. The molecule has 1 N–H and O–H groups in total. The van der Waals surface area contributed by atoms with Crippen LogP contribution < -0.4 is 5.69 Å². The predicted molar refractivity (Wildman–Crippen MR) is 120 cm³/mol. The Morgan fingerprint density at radius 3 is 2.27 bits per heavy atom. The summed E-state index contributed by atoms with van der Waals surface area (Å²) >= 11 is 0. The van der Waals surface area contributed by atoms with Gasteiger partial charge in [-0.1, -0.05) is 56.3 Å². The third-order valence-corrected chi connectivity index (χ3v) is 5.38. The Morgan fingerprint density at radius 2 is 1.67 bits per heavy atom. The van der Waals surface area contributed by atoms with Gasteiger partial charge in [0, 0.05) is 17.9 Å². The fraction of sp³-hybridized carbons (Fsp3) is 0.360. The molecule has 0 saturated carbocycles. The number of carboxylic acid groups (broad SMARTS) is 1. The van der Waals surface area contributed by atoms with Crippen LogP contribution in [0, 0.1) is 5.92 Å². The van der Waals surface area contributed by atoms with Gasteiger partial charge in [-0.15, -0.1) is 0 Å². The summed E-state index contributed by atoms with van der Waals surface area (Å²) in [6.07, 6.45) is 3.90. The number of carboxylic acids is 1. The molecule has 3 rings (SSSR count). The van der Waals surface area contributed by atoms with Crippen LogP contribution in [0.1, 0.15) is 61.8 Å². The molecule has 3 aromatic rings. The highest BCUT2D eigenvalue weighted by Crippen LogP contribution is 2.24. The SMILES string of the molecule is CC(C)CCc1cn(C(C)C)c(=O)n1Cc1ccc(-c2ccccc2C(=O)O)cc1. The summed E-state index contributed by atoms with van der Waals surface area (Å²) < 4.78 is 3.66. The third kappa shape index (κ3) is 4.73. The van der Waals surface area contributed by atoms with Gasteiger partial charge in [0.15, 0.2) is 0 Å². The third-order valence-electron chi connectivity index (χ3n) is 5.38. The van der Waals surface area contributed by atoms with Crippen molar-refractivity contribution in [2.45, 2.75) is 53.1 Å². The molecule has 158 valence electrons. The lowest BCUT2D eigenvalue weighted by molar-refractivity contribution is 0.0697. The number of hydrogen-bond donors (Lipinski definition) is 1. The van der Waals surface area contributed by atoms with Crippen LogP contribution in [-0.4, -0.2) is 20.2 Å². The zero-order valence-electron chi connectivity index (χ0n) is 18.1. The molecule has 0 unspecified atom stereocenters. The molecule has 0 aliphatic rings. The molecule has 0 saturated heterocycles. The van der Waals surface area contributed by atoms with E-state index < -0.39 is 5.97 Å². The van der Waals surface area contributed by atoms with Gasteiger partial charge < -0.3 is 5.11 Å². The second kappa shape index (κ2) is 9.16. The van der Waals surface area contributed by atoms with Gasteiger partial charge in [0.25, 0.3) is 0 Å². The summed E-state index contributed by atoms with van der Waals surface area (Å²) in [5.74, 6) is -0.365. The molecule has 0 radical (unpaired) electrons. The zero-order valence-corrected chi connectivity index (χ0v) is 18.1. The lowest BCUT2D eigenvalue weighted by Crippen LogP contribution is -2.26. The van der Waals surface area contributed by atoms with E-state index in [2.05, 4.69) is 13.8 Å². The Morgan fingerprint density at radius 1 is 1.00 bits per heavy atom.